The van der Waals surface area contributed by atoms with Crippen LogP contribution < -0.4 is 5.32 Å². The number of carbonyl (C=O) groups is 1. The van der Waals surface area contributed by atoms with Crippen LogP contribution in [0.25, 0.3) is 11.1 Å². The number of thioether (sulfide) groups is 1. The molecule has 1 atom stereocenters. The van der Waals surface area contributed by atoms with Gasteiger partial charge in [0.25, 0.3) is 0 Å². The fourth-order valence-electron chi connectivity index (χ4n) is 3.25. The third kappa shape index (κ3) is 3.65. The zero-order valence-corrected chi connectivity index (χ0v) is 15.2. The van der Waals surface area contributed by atoms with E-state index >= 15 is 0 Å². The molecule has 26 heavy (non-hydrogen) atoms. The second-order valence-electron chi connectivity index (χ2n) is 6.35. The molecule has 130 valence electrons. The Kier molecular flexibility index (Phi) is 5.02. The largest absolute Gasteiger partial charge is 0.351 e. The van der Waals surface area contributed by atoms with Crippen LogP contribution in [-0.2, 0) is 17.8 Å². The van der Waals surface area contributed by atoms with Gasteiger partial charge >= 0.3 is 0 Å². The van der Waals surface area contributed by atoms with Crippen molar-refractivity contribution in [2.45, 2.75) is 18.2 Å². The van der Waals surface area contributed by atoms with Gasteiger partial charge in [0.2, 0.25) is 5.91 Å². The summed E-state index contributed by atoms with van der Waals surface area (Å²) in [5.41, 5.74) is 5.86. The number of rotatable bonds is 4. The molecule has 2 heterocycles. The van der Waals surface area contributed by atoms with Crippen molar-refractivity contribution in [3.8, 4) is 11.1 Å². The van der Waals surface area contributed by atoms with Crippen LogP contribution in [0.3, 0.4) is 0 Å². The zero-order valence-electron chi connectivity index (χ0n) is 14.4. The lowest BCUT2D eigenvalue weighted by Gasteiger charge is -2.24. The van der Waals surface area contributed by atoms with Gasteiger partial charge < -0.3 is 5.32 Å². The number of nitrogens with zero attached hydrogens (tertiary/aromatic N) is 1. The molecule has 4 rings (SSSR count). The number of hydrogen-bond acceptors (Lipinski definition) is 3. The maximum absolute atomic E-state index is 12.7. The molecular weight excluding hydrogens is 340 g/mol. The maximum Gasteiger partial charge on any atom is 0.237 e. The average molecular weight is 360 g/mol. The quantitative estimate of drug-likeness (QED) is 0.750. The first-order chi connectivity index (χ1) is 12.8. The van der Waals surface area contributed by atoms with E-state index in [0.29, 0.717) is 6.54 Å². The Labute approximate surface area is 157 Å². The molecule has 1 N–H and O–H groups in total. The van der Waals surface area contributed by atoms with Crippen LogP contribution in [0.5, 0.6) is 0 Å². The molecule has 3 aromatic rings. The minimum absolute atomic E-state index is 0.0976. The second kappa shape index (κ2) is 7.75. The summed E-state index contributed by atoms with van der Waals surface area (Å²) in [6.07, 6.45) is 4.63. The summed E-state index contributed by atoms with van der Waals surface area (Å²) in [6.45, 7) is 0.550. The summed E-state index contributed by atoms with van der Waals surface area (Å²) in [5, 5.41) is 3.00. The number of fused-ring (bicyclic) bond motifs is 1. The zero-order chi connectivity index (χ0) is 17.8. The van der Waals surface area contributed by atoms with Crippen molar-refractivity contribution in [2.24, 2.45) is 0 Å². The summed E-state index contributed by atoms with van der Waals surface area (Å²) in [5.74, 6) is 1.09. The van der Waals surface area contributed by atoms with Crippen molar-refractivity contribution in [3.05, 3.63) is 89.7 Å². The van der Waals surface area contributed by atoms with Crippen LogP contribution in [0, 0.1) is 0 Å². The van der Waals surface area contributed by atoms with Gasteiger partial charge in [0.1, 0.15) is 5.25 Å². The van der Waals surface area contributed by atoms with E-state index in [-0.39, 0.29) is 11.2 Å². The van der Waals surface area contributed by atoms with Gasteiger partial charge in [-0.1, -0.05) is 48.5 Å². The number of amides is 1. The van der Waals surface area contributed by atoms with Gasteiger partial charge in [-0.25, -0.2) is 0 Å². The Morgan fingerprint density at radius 3 is 2.54 bits per heavy atom. The van der Waals surface area contributed by atoms with Gasteiger partial charge in [0.15, 0.2) is 0 Å². The van der Waals surface area contributed by atoms with Crippen LogP contribution in [0.4, 0.5) is 0 Å². The molecular formula is C22H20N2OS. The first kappa shape index (κ1) is 16.9. The molecule has 1 unspecified atom stereocenters. The fourth-order valence-corrected chi connectivity index (χ4v) is 4.47. The topological polar surface area (TPSA) is 42.0 Å². The highest BCUT2D eigenvalue weighted by Gasteiger charge is 2.26. The molecule has 0 aliphatic carbocycles. The molecule has 4 heteroatoms. The first-order valence-corrected chi connectivity index (χ1v) is 9.82. The molecule has 2 aromatic carbocycles. The smallest absolute Gasteiger partial charge is 0.237 e. The highest BCUT2D eigenvalue weighted by molar-refractivity contribution is 8.00. The van der Waals surface area contributed by atoms with E-state index in [1.54, 1.807) is 24.2 Å². The van der Waals surface area contributed by atoms with E-state index in [4.69, 9.17) is 0 Å². The van der Waals surface area contributed by atoms with Crippen molar-refractivity contribution >= 4 is 17.7 Å². The Morgan fingerprint density at radius 2 is 1.73 bits per heavy atom. The molecule has 1 amide bonds. The summed E-state index contributed by atoms with van der Waals surface area (Å²) in [6, 6.07) is 20.6. The minimum Gasteiger partial charge on any atom is -0.351 e. The van der Waals surface area contributed by atoms with Crippen molar-refractivity contribution in [2.75, 3.05) is 5.75 Å². The van der Waals surface area contributed by atoms with Gasteiger partial charge in [-0.3, -0.25) is 9.78 Å². The number of aryl methyl sites for hydroxylation is 1. The average Bonchev–Trinajstić information content (AvgIpc) is 2.72. The minimum atomic E-state index is -0.101. The van der Waals surface area contributed by atoms with Gasteiger partial charge in [-0.05, 0) is 52.1 Å². The number of hydrogen-bond donors (Lipinski definition) is 1. The lowest BCUT2D eigenvalue weighted by atomic mass is 10.0. The summed E-state index contributed by atoms with van der Waals surface area (Å²) >= 11 is 1.73. The van der Waals surface area contributed by atoms with Crippen molar-refractivity contribution < 1.29 is 4.79 Å². The van der Waals surface area contributed by atoms with Crippen molar-refractivity contribution in [1.82, 2.24) is 10.3 Å². The molecule has 0 saturated carbocycles. The van der Waals surface area contributed by atoms with Crippen LogP contribution in [0.2, 0.25) is 0 Å². The normalized spacial score (nSPS) is 15.9. The molecule has 0 spiro atoms. The first-order valence-electron chi connectivity index (χ1n) is 8.78. The molecule has 0 saturated heterocycles. The Morgan fingerprint density at radius 1 is 1.00 bits per heavy atom. The van der Waals surface area contributed by atoms with Crippen LogP contribution in [0.15, 0.2) is 73.1 Å². The van der Waals surface area contributed by atoms with Crippen LogP contribution in [-0.4, -0.2) is 16.6 Å². The monoisotopic (exact) mass is 360 g/mol. The number of benzene rings is 2. The number of aromatic nitrogens is 1. The lowest BCUT2D eigenvalue weighted by Crippen LogP contribution is -2.29. The highest BCUT2D eigenvalue weighted by atomic mass is 32.2. The maximum atomic E-state index is 12.7. The molecule has 1 aromatic heterocycles. The lowest BCUT2D eigenvalue weighted by molar-refractivity contribution is -0.120. The number of nitrogens with one attached hydrogen (secondary N) is 1. The predicted octanol–water partition coefficient (Wildman–Crippen LogP) is 4.40. The molecule has 0 fully saturated rings. The summed E-state index contributed by atoms with van der Waals surface area (Å²) in [7, 11) is 0. The second-order valence-corrected chi connectivity index (χ2v) is 7.56. The Hall–Kier alpha value is -2.59. The molecule has 1 aliphatic rings. The van der Waals surface area contributed by atoms with E-state index < -0.39 is 0 Å². The van der Waals surface area contributed by atoms with Gasteiger partial charge in [-0.2, -0.15) is 0 Å². The Bertz CT molecular complexity index is 894. The predicted molar refractivity (Wildman–Crippen MR) is 107 cm³/mol. The van der Waals surface area contributed by atoms with Gasteiger partial charge in [0.05, 0.1) is 0 Å². The summed E-state index contributed by atoms with van der Waals surface area (Å²) in [4.78, 5) is 16.7. The van der Waals surface area contributed by atoms with Gasteiger partial charge in [0, 0.05) is 18.9 Å². The van der Waals surface area contributed by atoms with E-state index in [0.717, 1.165) is 34.4 Å². The standard InChI is InChI=1S/C22H20N2OS/c25-22(21-20-4-2-1-3-19(20)11-14-26-21)24-15-16-5-7-17(8-6-16)18-9-12-23-13-10-18/h1-10,12-13,21H,11,14-15H2,(H,24,25). The van der Waals surface area contributed by atoms with Crippen LogP contribution >= 0.6 is 11.8 Å². The third-order valence-electron chi connectivity index (χ3n) is 4.67. The fraction of sp³-hybridized carbons (Fsp3) is 0.182. The van der Waals surface area contributed by atoms with E-state index in [2.05, 4.69) is 46.7 Å². The summed E-state index contributed by atoms with van der Waals surface area (Å²) < 4.78 is 0. The highest BCUT2D eigenvalue weighted by Crippen LogP contribution is 2.36. The SMILES string of the molecule is O=C(NCc1ccc(-c2ccncc2)cc1)C1SCCc2ccccc21. The van der Waals surface area contributed by atoms with Crippen LogP contribution in [0.1, 0.15) is 21.9 Å². The van der Waals surface area contributed by atoms with E-state index in [9.17, 15) is 4.79 Å². The third-order valence-corrected chi connectivity index (χ3v) is 5.91. The number of pyridine rings is 1. The van der Waals surface area contributed by atoms with Crippen molar-refractivity contribution in [3.63, 3.8) is 0 Å². The van der Waals surface area contributed by atoms with Gasteiger partial charge in [-0.15, -0.1) is 11.8 Å². The van der Waals surface area contributed by atoms with E-state index in [1.165, 1.54) is 5.56 Å². The molecule has 3 nitrogen and oxygen atoms in total. The molecule has 0 bridgehead atoms. The van der Waals surface area contributed by atoms with Crippen molar-refractivity contribution in [1.29, 1.82) is 0 Å². The molecule has 1 aliphatic heterocycles. The van der Waals surface area contributed by atoms with E-state index in [1.807, 2.05) is 24.3 Å². The Balaban J connectivity index is 1.41. The number of carbonyl (C=O) groups excluding carboxylic acids is 1. The molecule has 0 radical (unpaired) electrons.